The minimum Gasteiger partial charge on any atom is -0.247 e. The van der Waals surface area contributed by atoms with Crippen LogP contribution in [0.5, 0.6) is 0 Å². The maximum absolute atomic E-state index is 14.9. The third-order valence-electron chi connectivity index (χ3n) is 6.84. The highest BCUT2D eigenvalue weighted by Gasteiger charge is 2.38. The van der Waals surface area contributed by atoms with Crippen LogP contribution in [0.4, 0.5) is 4.39 Å². The quantitative estimate of drug-likeness (QED) is 0.494. The van der Waals surface area contributed by atoms with E-state index >= 15 is 0 Å². The summed E-state index contributed by atoms with van der Waals surface area (Å²) in [6.07, 6.45) is 12.0. The SMILES string of the molecule is CCC(CCC(C)C)C1CCC(C2CCC(C)CC2)CC1F. The van der Waals surface area contributed by atoms with Gasteiger partial charge in [-0.3, -0.25) is 0 Å². The molecule has 0 heterocycles. The first-order valence-electron chi connectivity index (χ1n) is 10.1. The van der Waals surface area contributed by atoms with E-state index in [1.807, 2.05) is 0 Å². The van der Waals surface area contributed by atoms with Crippen molar-refractivity contribution in [2.45, 2.75) is 98.1 Å². The van der Waals surface area contributed by atoms with Crippen molar-refractivity contribution >= 4 is 0 Å². The molecular weight excluding hydrogens is 271 g/mol. The van der Waals surface area contributed by atoms with Crippen molar-refractivity contribution in [1.82, 2.24) is 0 Å². The topological polar surface area (TPSA) is 0 Å². The first-order chi connectivity index (χ1) is 10.5. The lowest BCUT2D eigenvalue weighted by molar-refractivity contribution is 0.0446. The molecule has 4 unspecified atom stereocenters. The molecule has 130 valence electrons. The second-order valence-corrected chi connectivity index (χ2v) is 8.91. The third kappa shape index (κ3) is 4.96. The molecule has 2 fully saturated rings. The van der Waals surface area contributed by atoms with Crippen molar-refractivity contribution in [2.24, 2.45) is 35.5 Å². The van der Waals surface area contributed by atoms with Gasteiger partial charge in [0.25, 0.3) is 0 Å². The van der Waals surface area contributed by atoms with E-state index < -0.39 is 6.17 Å². The first-order valence-corrected chi connectivity index (χ1v) is 10.1. The Hall–Kier alpha value is -0.0700. The fraction of sp³-hybridized carbons (Fsp3) is 1.00. The second kappa shape index (κ2) is 8.69. The predicted octanol–water partition coefficient (Wildman–Crippen LogP) is 7.03. The maximum atomic E-state index is 14.9. The summed E-state index contributed by atoms with van der Waals surface area (Å²) in [5.74, 6) is 4.20. The summed E-state index contributed by atoms with van der Waals surface area (Å²) < 4.78 is 14.9. The van der Waals surface area contributed by atoms with Gasteiger partial charge in [0.05, 0.1) is 0 Å². The van der Waals surface area contributed by atoms with Gasteiger partial charge in [-0.15, -0.1) is 0 Å². The number of rotatable bonds is 6. The van der Waals surface area contributed by atoms with Gasteiger partial charge in [-0.25, -0.2) is 4.39 Å². The second-order valence-electron chi connectivity index (χ2n) is 8.91. The van der Waals surface area contributed by atoms with Crippen LogP contribution in [0.25, 0.3) is 0 Å². The van der Waals surface area contributed by atoms with Gasteiger partial charge in [0.2, 0.25) is 0 Å². The van der Waals surface area contributed by atoms with Gasteiger partial charge in [0, 0.05) is 0 Å². The Labute approximate surface area is 138 Å². The summed E-state index contributed by atoms with van der Waals surface area (Å²) in [4.78, 5) is 0. The zero-order chi connectivity index (χ0) is 16.1. The highest BCUT2D eigenvalue weighted by Crippen LogP contribution is 2.45. The van der Waals surface area contributed by atoms with Gasteiger partial charge in [-0.05, 0) is 74.0 Å². The maximum Gasteiger partial charge on any atom is 0.103 e. The van der Waals surface area contributed by atoms with E-state index in [-0.39, 0.29) is 0 Å². The van der Waals surface area contributed by atoms with E-state index in [2.05, 4.69) is 27.7 Å². The van der Waals surface area contributed by atoms with E-state index in [1.54, 1.807) is 0 Å². The van der Waals surface area contributed by atoms with E-state index in [4.69, 9.17) is 0 Å². The molecule has 4 atom stereocenters. The Bertz CT molecular complexity index is 303. The van der Waals surface area contributed by atoms with Crippen LogP contribution >= 0.6 is 0 Å². The van der Waals surface area contributed by atoms with Crippen molar-refractivity contribution in [1.29, 1.82) is 0 Å². The Morgan fingerprint density at radius 2 is 1.55 bits per heavy atom. The minimum atomic E-state index is -0.518. The minimum absolute atomic E-state index is 0.363. The monoisotopic (exact) mass is 310 g/mol. The molecule has 0 aromatic heterocycles. The number of alkyl halides is 1. The summed E-state index contributed by atoms with van der Waals surface area (Å²) in [6.45, 7) is 9.24. The van der Waals surface area contributed by atoms with E-state index in [1.165, 1.54) is 51.4 Å². The lowest BCUT2D eigenvalue weighted by Gasteiger charge is -2.41. The molecule has 0 aromatic carbocycles. The van der Waals surface area contributed by atoms with Crippen molar-refractivity contribution < 1.29 is 4.39 Å². The first kappa shape index (κ1) is 18.3. The molecule has 2 rings (SSSR count). The number of hydrogen-bond donors (Lipinski definition) is 0. The lowest BCUT2D eigenvalue weighted by atomic mass is 9.66. The molecule has 2 aliphatic rings. The van der Waals surface area contributed by atoms with Crippen LogP contribution in [-0.2, 0) is 0 Å². The van der Waals surface area contributed by atoms with Gasteiger partial charge in [-0.2, -0.15) is 0 Å². The van der Waals surface area contributed by atoms with Crippen LogP contribution < -0.4 is 0 Å². The number of hydrogen-bond acceptors (Lipinski definition) is 0. The molecule has 0 amide bonds. The lowest BCUT2D eigenvalue weighted by Crippen LogP contribution is -2.35. The average molecular weight is 311 g/mol. The summed E-state index contributed by atoms with van der Waals surface area (Å²) >= 11 is 0. The summed E-state index contributed by atoms with van der Waals surface area (Å²) in [6, 6.07) is 0. The Kier molecular flexibility index (Phi) is 7.22. The molecule has 0 radical (unpaired) electrons. The van der Waals surface area contributed by atoms with Crippen LogP contribution in [0.3, 0.4) is 0 Å². The molecule has 2 saturated carbocycles. The van der Waals surface area contributed by atoms with E-state index in [9.17, 15) is 4.39 Å². The number of halogens is 1. The zero-order valence-corrected chi connectivity index (χ0v) is 15.5. The van der Waals surface area contributed by atoms with Crippen molar-refractivity contribution in [3.8, 4) is 0 Å². The largest absolute Gasteiger partial charge is 0.247 e. The molecular formula is C21H39F. The molecule has 0 spiro atoms. The third-order valence-corrected chi connectivity index (χ3v) is 6.84. The van der Waals surface area contributed by atoms with Crippen molar-refractivity contribution in [3.05, 3.63) is 0 Å². The van der Waals surface area contributed by atoms with Gasteiger partial charge < -0.3 is 0 Å². The molecule has 0 aliphatic heterocycles. The van der Waals surface area contributed by atoms with Crippen molar-refractivity contribution in [2.75, 3.05) is 0 Å². The molecule has 0 aromatic rings. The van der Waals surface area contributed by atoms with E-state index in [0.29, 0.717) is 17.8 Å². The fourth-order valence-corrected chi connectivity index (χ4v) is 5.15. The van der Waals surface area contributed by atoms with Crippen LogP contribution in [0, 0.1) is 35.5 Å². The van der Waals surface area contributed by atoms with Crippen LogP contribution in [0.15, 0.2) is 0 Å². The van der Waals surface area contributed by atoms with Crippen LogP contribution in [0.2, 0.25) is 0 Å². The molecule has 0 bridgehead atoms. The van der Waals surface area contributed by atoms with Gasteiger partial charge in [0.1, 0.15) is 6.17 Å². The van der Waals surface area contributed by atoms with Crippen molar-refractivity contribution in [3.63, 3.8) is 0 Å². The predicted molar refractivity (Wildman–Crippen MR) is 94.7 cm³/mol. The molecule has 0 saturated heterocycles. The van der Waals surface area contributed by atoms with Gasteiger partial charge in [0.15, 0.2) is 0 Å². The van der Waals surface area contributed by atoms with Crippen LogP contribution in [0.1, 0.15) is 91.9 Å². The normalized spacial score (nSPS) is 38.2. The van der Waals surface area contributed by atoms with Crippen LogP contribution in [-0.4, -0.2) is 6.17 Å². The fourth-order valence-electron chi connectivity index (χ4n) is 5.15. The summed E-state index contributed by atoms with van der Waals surface area (Å²) in [5, 5.41) is 0. The van der Waals surface area contributed by atoms with Gasteiger partial charge >= 0.3 is 0 Å². The molecule has 0 N–H and O–H groups in total. The molecule has 1 heteroatoms. The smallest absolute Gasteiger partial charge is 0.103 e. The summed E-state index contributed by atoms with van der Waals surface area (Å²) in [7, 11) is 0. The van der Waals surface area contributed by atoms with E-state index in [0.717, 1.165) is 30.6 Å². The van der Waals surface area contributed by atoms with Gasteiger partial charge in [-0.1, -0.05) is 53.4 Å². The standard InChI is InChI=1S/C21H39F/c1-5-17(9-6-15(2)3)20-13-12-19(14-21(20)22)18-10-7-16(4)8-11-18/h15-21H,5-14H2,1-4H3. The molecule has 0 nitrogen and oxygen atoms in total. The highest BCUT2D eigenvalue weighted by molar-refractivity contribution is 4.88. The zero-order valence-electron chi connectivity index (χ0n) is 15.5. The highest BCUT2D eigenvalue weighted by atomic mass is 19.1. The summed E-state index contributed by atoms with van der Waals surface area (Å²) in [5.41, 5.74) is 0. The Morgan fingerprint density at radius 1 is 0.909 bits per heavy atom. The molecule has 22 heavy (non-hydrogen) atoms. The Morgan fingerprint density at radius 3 is 2.09 bits per heavy atom. The average Bonchev–Trinajstić information content (AvgIpc) is 2.49. The molecule has 2 aliphatic carbocycles. The Balaban J connectivity index is 1.83.